The number of aromatic nitrogens is 1. The fraction of sp³-hybridized carbons (Fsp3) is 0.0588. The summed E-state index contributed by atoms with van der Waals surface area (Å²) in [5, 5.41) is 6.86. The quantitative estimate of drug-likeness (QED) is 0.790. The van der Waals surface area contributed by atoms with Crippen molar-refractivity contribution in [1.29, 1.82) is 0 Å². The van der Waals surface area contributed by atoms with E-state index in [0.29, 0.717) is 5.56 Å². The summed E-state index contributed by atoms with van der Waals surface area (Å²) in [5.74, 6) is 0.589. The Hall–Kier alpha value is -2.66. The summed E-state index contributed by atoms with van der Waals surface area (Å²) in [6, 6.07) is 12.7. The van der Waals surface area contributed by atoms with E-state index in [1.165, 1.54) is 0 Å². The first-order valence-electron chi connectivity index (χ1n) is 6.70. The fourth-order valence-corrected chi connectivity index (χ4v) is 2.67. The average Bonchev–Trinajstić information content (AvgIpc) is 3.10. The van der Waals surface area contributed by atoms with Crippen LogP contribution in [0.5, 0.6) is 5.75 Å². The number of methoxy groups -OCH3 is 1. The zero-order chi connectivity index (χ0) is 15.4. The Morgan fingerprint density at radius 2 is 2.00 bits per heavy atom. The molecular formula is C17H14N2O2S. The number of ether oxygens (including phenoxy) is 1. The number of pyridine rings is 1. The van der Waals surface area contributed by atoms with Crippen molar-refractivity contribution in [3.63, 3.8) is 0 Å². The lowest BCUT2D eigenvalue weighted by Crippen LogP contribution is -2.12. The maximum atomic E-state index is 12.3. The molecule has 2 heterocycles. The van der Waals surface area contributed by atoms with E-state index >= 15 is 0 Å². The summed E-state index contributed by atoms with van der Waals surface area (Å²) in [7, 11) is 1.61. The molecular weight excluding hydrogens is 296 g/mol. The van der Waals surface area contributed by atoms with Gasteiger partial charge in [-0.1, -0.05) is 0 Å². The zero-order valence-electron chi connectivity index (χ0n) is 11.9. The van der Waals surface area contributed by atoms with Gasteiger partial charge in [0.15, 0.2) is 0 Å². The molecule has 0 saturated carbocycles. The van der Waals surface area contributed by atoms with Gasteiger partial charge < -0.3 is 10.1 Å². The van der Waals surface area contributed by atoms with Crippen LogP contribution in [0, 0.1) is 0 Å². The van der Waals surface area contributed by atoms with Gasteiger partial charge in [0.05, 0.1) is 12.8 Å². The molecule has 0 spiro atoms. The van der Waals surface area contributed by atoms with E-state index in [4.69, 9.17) is 4.74 Å². The first-order chi connectivity index (χ1) is 10.8. The van der Waals surface area contributed by atoms with E-state index in [2.05, 4.69) is 10.3 Å². The Kier molecular flexibility index (Phi) is 4.16. The van der Waals surface area contributed by atoms with Crippen LogP contribution < -0.4 is 10.1 Å². The van der Waals surface area contributed by atoms with E-state index in [-0.39, 0.29) is 5.91 Å². The smallest absolute Gasteiger partial charge is 0.255 e. The Bertz CT molecular complexity index is 768. The molecule has 0 aliphatic carbocycles. The van der Waals surface area contributed by atoms with Crippen LogP contribution in [0.15, 0.2) is 59.4 Å². The highest BCUT2D eigenvalue weighted by molar-refractivity contribution is 7.08. The molecule has 1 N–H and O–H groups in total. The molecule has 0 fully saturated rings. The molecule has 3 aromatic rings. The number of carbonyl (C=O) groups is 1. The topological polar surface area (TPSA) is 51.2 Å². The van der Waals surface area contributed by atoms with Crippen LogP contribution in [0.25, 0.3) is 11.3 Å². The van der Waals surface area contributed by atoms with Crippen molar-refractivity contribution < 1.29 is 9.53 Å². The van der Waals surface area contributed by atoms with E-state index in [1.54, 1.807) is 61.0 Å². The largest absolute Gasteiger partial charge is 0.497 e. The normalized spacial score (nSPS) is 10.2. The van der Waals surface area contributed by atoms with E-state index in [1.807, 2.05) is 16.8 Å². The number of carbonyl (C=O) groups excluding carboxylic acids is 1. The van der Waals surface area contributed by atoms with Gasteiger partial charge in [-0.2, -0.15) is 11.3 Å². The minimum atomic E-state index is -0.163. The molecule has 22 heavy (non-hydrogen) atoms. The van der Waals surface area contributed by atoms with Crippen LogP contribution in [0.4, 0.5) is 5.69 Å². The molecule has 0 aliphatic heterocycles. The third-order valence-electron chi connectivity index (χ3n) is 3.19. The third-order valence-corrected chi connectivity index (χ3v) is 3.87. The predicted octanol–water partition coefficient (Wildman–Crippen LogP) is 4.07. The number of hydrogen-bond acceptors (Lipinski definition) is 4. The van der Waals surface area contributed by atoms with Gasteiger partial charge in [0.2, 0.25) is 0 Å². The predicted molar refractivity (Wildman–Crippen MR) is 88.5 cm³/mol. The van der Waals surface area contributed by atoms with E-state index in [9.17, 15) is 4.79 Å². The number of anilines is 1. The summed E-state index contributed by atoms with van der Waals surface area (Å²) in [6.45, 7) is 0. The standard InChI is InChI=1S/C17H14N2O2S/c1-21-15-4-2-14(3-5-15)19-17(20)12-6-8-18-16(10-12)13-7-9-22-11-13/h2-11H,1H3,(H,19,20). The summed E-state index contributed by atoms with van der Waals surface area (Å²) >= 11 is 1.60. The number of rotatable bonds is 4. The van der Waals surface area contributed by atoms with Gasteiger partial charge in [0.25, 0.3) is 5.91 Å². The van der Waals surface area contributed by atoms with Crippen molar-refractivity contribution in [3.05, 3.63) is 65.0 Å². The molecule has 0 radical (unpaired) electrons. The number of benzene rings is 1. The summed E-state index contributed by atoms with van der Waals surface area (Å²) in [5.41, 5.74) is 3.11. The Labute approximate surface area is 132 Å². The van der Waals surface area contributed by atoms with Crippen molar-refractivity contribution in [2.75, 3.05) is 12.4 Å². The van der Waals surface area contributed by atoms with Gasteiger partial charge >= 0.3 is 0 Å². The van der Waals surface area contributed by atoms with Crippen LogP contribution in [-0.2, 0) is 0 Å². The van der Waals surface area contributed by atoms with Crippen LogP contribution >= 0.6 is 11.3 Å². The number of thiophene rings is 1. The highest BCUT2D eigenvalue weighted by Crippen LogP contribution is 2.21. The summed E-state index contributed by atoms with van der Waals surface area (Å²) < 4.78 is 5.10. The molecule has 2 aromatic heterocycles. The highest BCUT2D eigenvalue weighted by Gasteiger charge is 2.09. The summed E-state index contributed by atoms with van der Waals surface area (Å²) in [4.78, 5) is 16.6. The highest BCUT2D eigenvalue weighted by atomic mass is 32.1. The molecule has 0 bridgehead atoms. The first kappa shape index (κ1) is 14.3. The zero-order valence-corrected chi connectivity index (χ0v) is 12.8. The van der Waals surface area contributed by atoms with Crippen molar-refractivity contribution in [2.24, 2.45) is 0 Å². The molecule has 4 nitrogen and oxygen atoms in total. The second-order valence-electron chi connectivity index (χ2n) is 4.62. The Morgan fingerprint density at radius 1 is 1.18 bits per heavy atom. The van der Waals surface area contributed by atoms with Crippen molar-refractivity contribution >= 4 is 22.9 Å². The van der Waals surface area contributed by atoms with Gasteiger partial charge in [-0.25, -0.2) is 0 Å². The monoisotopic (exact) mass is 310 g/mol. The van der Waals surface area contributed by atoms with Crippen LogP contribution in [0.1, 0.15) is 10.4 Å². The van der Waals surface area contributed by atoms with Crippen LogP contribution in [-0.4, -0.2) is 18.0 Å². The maximum absolute atomic E-state index is 12.3. The van der Waals surface area contributed by atoms with Gasteiger partial charge in [-0.15, -0.1) is 0 Å². The molecule has 0 atom stereocenters. The first-order valence-corrected chi connectivity index (χ1v) is 7.64. The van der Waals surface area contributed by atoms with Crippen molar-refractivity contribution in [2.45, 2.75) is 0 Å². The fourth-order valence-electron chi connectivity index (χ4n) is 2.02. The van der Waals surface area contributed by atoms with Gasteiger partial charge in [0, 0.05) is 28.4 Å². The van der Waals surface area contributed by atoms with Crippen molar-refractivity contribution in [3.8, 4) is 17.0 Å². The van der Waals surface area contributed by atoms with Gasteiger partial charge in [-0.3, -0.25) is 9.78 Å². The van der Waals surface area contributed by atoms with Crippen molar-refractivity contribution in [1.82, 2.24) is 4.98 Å². The number of amides is 1. The Morgan fingerprint density at radius 3 is 2.68 bits per heavy atom. The minimum Gasteiger partial charge on any atom is -0.497 e. The average molecular weight is 310 g/mol. The molecule has 110 valence electrons. The van der Waals surface area contributed by atoms with E-state index < -0.39 is 0 Å². The second-order valence-corrected chi connectivity index (χ2v) is 5.40. The molecule has 1 aromatic carbocycles. The summed E-state index contributed by atoms with van der Waals surface area (Å²) in [6.07, 6.45) is 1.65. The SMILES string of the molecule is COc1ccc(NC(=O)c2ccnc(-c3ccsc3)c2)cc1. The number of nitrogens with zero attached hydrogens (tertiary/aromatic N) is 1. The third kappa shape index (κ3) is 3.15. The molecule has 0 saturated heterocycles. The van der Waals surface area contributed by atoms with Gasteiger partial charge in [0.1, 0.15) is 5.75 Å². The lowest BCUT2D eigenvalue weighted by molar-refractivity contribution is 0.102. The molecule has 0 aliphatic rings. The van der Waals surface area contributed by atoms with Gasteiger partial charge in [-0.05, 0) is 47.8 Å². The molecule has 0 unspecified atom stereocenters. The van der Waals surface area contributed by atoms with Crippen LogP contribution in [0.3, 0.4) is 0 Å². The second kappa shape index (κ2) is 6.41. The van der Waals surface area contributed by atoms with E-state index in [0.717, 1.165) is 22.7 Å². The number of hydrogen-bond donors (Lipinski definition) is 1. The maximum Gasteiger partial charge on any atom is 0.255 e. The van der Waals surface area contributed by atoms with Crippen LogP contribution in [0.2, 0.25) is 0 Å². The number of nitrogens with one attached hydrogen (secondary N) is 1. The molecule has 3 rings (SSSR count). The minimum absolute atomic E-state index is 0.163. The Balaban J connectivity index is 1.78. The molecule has 5 heteroatoms. The molecule has 1 amide bonds. The lowest BCUT2D eigenvalue weighted by Gasteiger charge is -2.07. The lowest BCUT2D eigenvalue weighted by atomic mass is 10.1.